The molecule has 25 heavy (non-hydrogen) atoms. The van der Waals surface area contributed by atoms with Crippen LogP contribution in [0.3, 0.4) is 0 Å². The second-order valence-corrected chi connectivity index (χ2v) is 6.47. The van der Waals surface area contributed by atoms with Gasteiger partial charge in [-0.25, -0.2) is 4.98 Å². The van der Waals surface area contributed by atoms with Gasteiger partial charge < -0.3 is 9.64 Å². The maximum atomic E-state index is 12.3. The van der Waals surface area contributed by atoms with Crippen LogP contribution in [-0.2, 0) is 14.4 Å². The van der Waals surface area contributed by atoms with E-state index in [0.29, 0.717) is 37.6 Å². The van der Waals surface area contributed by atoms with Crippen LogP contribution in [0.15, 0.2) is 6.07 Å². The number of imide groups is 1. The minimum Gasteiger partial charge on any atom is -0.474 e. The Balaban J connectivity index is 1.50. The largest absolute Gasteiger partial charge is 0.474 e. The van der Waals surface area contributed by atoms with Crippen LogP contribution in [0.2, 0.25) is 0 Å². The Morgan fingerprint density at radius 3 is 2.40 bits per heavy atom. The van der Waals surface area contributed by atoms with Gasteiger partial charge in [-0.1, -0.05) is 0 Å². The number of likely N-dealkylation sites (tertiary alicyclic amines) is 2. The topological polar surface area (TPSA) is 92.7 Å². The van der Waals surface area contributed by atoms with Crippen LogP contribution in [0, 0.1) is 13.8 Å². The maximum Gasteiger partial charge on any atom is 0.242 e. The van der Waals surface area contributed by atoms with Gasteiger partial charge in [0.2, 0.25) is 23.6 Å². The summed E-state index contributed by atoms with van der Waals surface area (Å²) in [6.45, 7) is 4.66. The van der Waals surface area contributed by atoms with Crippen LogP contribution in [-0.4, -0.2) is 63.2 Å². The number of piperidine rings is 1. The third-order valence-electron chi connectivity index (χ3n) is 4.47. The molecule has 0 N–H and O–H groups in total. The molecule has 8 nitrogen and oxygen atoms in total. The van der Waals surface area contributed by atoms with Gasteiger partial charge in [-0.2, -0.15) is 4.98 Å². The van der Waals surface area contributed by atoms with Gasteiger partial charge in [0, 0.05) is 50.5 Å². The molecule has 0 bridgehead atoms. The predicted molar refractivity (Wildman–Crippen MR) is 87.7 cm³/mol. The van der Waals surface area contributed by atoms with E-state index in [1.54, 1.807) is 11.0 Å². The summed E-state index contributed by atoms with van der Waals surface area (Å²) in [7, 11) is 0. The number of amides is 3. The Morgan fingerprint density at radius 1 is 1.16 bits per heavy atom. The first-order valence-electron chi connectivity index (χ1n) is 8.52. The molecule has 0 atom stereocenters. The molecule has 3 heterocycles. The molecule has 8 heteroatoms. The SMILES string of the molecule is Cc1cc(OC2CCN(C(=O)CN3C(=O)CCC3=O)CC2)nc(C)n1. The first kappa shape index (κ1) is 17.3. The average molecular weight is 346 g/mol. The molecule has 0 saturated carbocycles. The van der Waals surface area contributed by atoms with Gasteiger partial charge in [-0.05, 0) is 13.8 Å². The summed E-state index contributed by atoms with van der Waals surface area (Å²) in [6, 6.07) is 1.80. The number of hydrogen-bond donors (Lipinski definition) is 0. The number of carbonyl (C=O) groups is 3. The highest BCUT2D eigenvalue weighted by Crippen LogP contribution is 2.19. The molecule has 3 rings (SSSR count). The predicted octanol–water partition coefficient (Wildman–Crippen LogP) is 0.612. The standard InChI is InChI=1S/C17H22N4O4/c1-11-9-14(19-12(2)18-11)25-13-5-7-20(8-6-13)17(24)10-21-15(22)3-4-16(21)23/h9,13H,3-8,10H2,1-2H3. The molecular formula is C17H22N4O4. The molecule has 1 aromatic heterocycles. The van der Waals surface area contributed by atoms with Crippen molar-refractivity contribution in [3.8, 4) is 5.88 Å². The monoisotopic (exact) mass is 346 g/mol. The van der Waals surface area contributed by atoms with Gasteiger partial charge in [0.05, 0.1) is 0 Å². The highest BCUT2D eigenvalue weighted by molar-refractivity contribution is 6.04. The van der Waals surface area contributed by atoms with E-state index in [1.807, 2.05) is 13.8 Å². The summed E-state index contributed by atoms with van der Waals surface area (Å²) in [5.41, 5.74) is 0.857. The summed E-state index contributed by atoms with van der Waals surface area (Å²) in [4.78, 5) is 46.8. The van der Waals surface area contributed by atoms with Crippen molar-refractivity contribution in [2.45, 2.75) is 45.6 Å². The van der Waals surface area contributed by atoms with Crippen LogP contribution in [0.5, 0.6) is 5.88 Å². The lowest BCUT2D eigenvalue weighted by Crippen LogP contribution is -2.47. The fourth-order valence-corrected chi connectivity index (χ4v) is 3.17. The lowest BCUT2D eigenvalue weighted by atomic mass is 10.1. The van der Waals surface area contributed by atoms with E-state index in [9.17, 15) is 14.4 Å². The third-order valence-corrected chi connectivity index (χ3v) is 4.47. The highest BCUT2D eigenvalue weighted by Gasteiger charge is 2.33. The minimum absolute atomic E-state index is 0.00667. The number of aryl methyl sites for hydroxylation is 2. The van der Waals surface area contributed by atoms with Crippen LogP contribution in [0.1, 0.15) is 37.2 Å². The molecule has 134 valence electrons. The molecule has 3 amide bonds. The lowest BCUT2D eigenvalue weighted by Gasteiger charge is -2.32. The summed E-state index contributed by atoms with van der Waals surface area (Å²) in [5.74, 6) is 0.526. The maximum absolute atomic E-state index is 12.3. The zero-order valence-electron chi connectivity index (χ0n) is 14.5. The Morgan fingerprint density at radius 2 is 1.80 bits per heavy atom. The molecule has 1 aromatic rings. The van der Waals surface area contributed by atoms with Crippen LogP contribution in [0.4, 0.5) is 0 Å². The van der Waals surface area contributed by atoms with Gasteiger partial charge in [0.1, 0.15) is 18.5 Å². The summed E-state index contributed by atoms with van der Waals surface area (Å²) < 4.78 is 5.90. The van der Waals surface area contributed by atoms with Gasteiger partial charge in [0.15, 0.2) is 0 Å². The average Bonchev–Trinajstić information content (AvgIpc) is 2.86. The van der Waals surface area contributed by atoms with Crippen molar-refractivity contribution in [2.75, 3.05) is 19.6 Å². The molecule has 2 saturated heterocycles. The first-order chi connectivity index (χ1) is 11.9. The molecule has 2 fully saturated rings. The first-order valence-corrected chi connectivity index (χ1v) is 8.52. The number of aromatic nitrogens is 2. The number of rotatable bonds is 4. The normalized spacial score (nSPS) is 18.8. The van der Waals surface area contributed by atoms with Crippen LogP contribution < -0.4 is 4.74 Å². The Labute approximate surface area is 146 Å². The second kappa shape index (κ2) is 7.16. The third kappa shape index (κ3) is 4.12. The molecule has 0 aliphatic carbocycles. The van der Waals surface area contributed by atoms with Crippen molar-refractivity contribution in [1.82, 2.24) is 19.8 Å². The van der Waals surface area contributed by atoms with E-state index >= 15 is 0 Å². The van der Waals surface area contributed by atoms with Gasteiger partial charge >= 0.3 is 0 Å². The van der Waals surface area contributed by atoms with Crippen molar-refractivity contribution in [3.05, 3.63) is 17.6 Å². The number of ether oxygens (including phenoxy) is 1. The Bertz CT molecular complexity index is 662. The van der Waals surface area contributed by atoms with Gasteiger partial charge in [-0.3, -0.25) is 19.3 Å². The summed E-state index contributed by atoms with van der Waals surface area (Å²) in [5, 5.41) is 0. The fraction of sp³-hybridized carbons (Fsp3) is 0.588. The molecule has 0 unspecified atom stereocenters. The molecular weight excluding hydrogens is 324 g/mol. The van der Waals surface area contributed by atoms with E-state index in [4.69, 9.17) is 4.74 Å². The van der Waals surface area contributed by atoms with Crippen molar-refractivity contribution < 1.29 is 19.1 Å². The Kier molecular flexibility index (Phi) is 4.96. The van der Waals surface area contributed by atoms with E-state index in [-0.39, 0.29) is 43.2 Å². The summed E-state index contributed by atoms with van der Waals surface area (Å²) in [6.07, 6.45) is 1.79. The van der Waals surface area contributed by atoms with Crippen molar-refractivity contribution >= 4 is 17.7 Å². The lowest BCUT2D eigenvalue weighted by molar-refractivity contribution is -0.146. The molecule has 0 radical (unpaired) electrons. The quantitative estimate of drug-likeness (QED) is 0.742. The van der Waals surface area contributed by atoms with E-state index in [2.05, 4.69) is 9.97 Å². The smallest absolute Gasteiger partial charge is 0.242 e. The van der Waals surface area contributed by atoms with Crippen molar-refractivity contribution in [1.29, 1.82) is 0 Å². The zero-order valence-corrected chi connectivity index (χ0v) is 14.5. The van der Waals surface area contributed by atoms with Crippen LogP contribution >= 0.6 is 0 Å². The second-order valence-electron chi connectivity index (χ2n) is 6.47. The Hall–Kier alpha value is -2.51. The minimum atomic E-state index is -0.258. The molecule has 0 aromatic carbocycles. The van der Waals surface area contributed by atoms with Crippen LogP contribution in [0.25, 0.3) is 0 Å². The van der Waals surface area contributed by atoms with Crippen molar-refractivity contribution in [2.24, 2.45) is 0 Å². The molecule has 2 aliphatic heterocycles. The number of hydrogen-bond acceptors (Lipinski definition) is 6. The molecule has 0 spiro atoms. The van der Waals surface area contributed by atoms with Gasteiger partial charge in [-0.15, -0.1) is 0 Å². The van der Waals surface area contributed by atoms with Gasteiger partial charge in [0.25, 0.3) is 0 Å². The zero-order chi connectivity index (χ0) is 18.0. The van der Waals surface area contributed by atoms with E-state index in [1.165, 1.54) is 0 Å². The highest BCUT2D eigenvalue weighted by atomic mass is 16.5. The fourth-order valence-electron chi connectivity index (χ4n) is 3.17. The van der Waals surface area contributed by atoms with Crippen molar-refractivity contribution in [3.63, 3.8) is 0 Å². The molecule has 2 aliphatic rings. The van der Waals surface area contributed by atoms with E-state index < -0.39 is 0 Å². The number of carbonyl (C=O) groups excluding carboxylic acids is 3. The summed E-state index contributed by atoms with van der Waals surface area (Å²) >= 11 is 0. The number of nitrogens with zero attached hydrogens (tertiary/aromatic N) is 4. The van der Waals surface area contributed by atoms with E-state index in [0.717, 1.165) is 10.6 Å².